The van der Waals surface area contributed by atoms with Gasteiger partial charge in [0.05, 0.1) is 11.4 Å². The molecule has 6 nitrogen and oxygen atoms in total. The predicted octanol–water partition coefficient (Wildman–Crippen LogP) is 4.01. The molecule has 0 radical (unpaired) electrons. The molecule has 0 aliphatic carbocycles. The number of aromatic hydroxyl groups is 1. The summed E-state index contributed by atoms with van der Waals surface area (Å²) in [6, 6.07) is 10.6. The minimum absolute atomic E-state index is 0.150. The van der Waals surface area contributed by atoms with Crippen LogP contribution in [0, 0.1) is 5.82 Å². The molecule has 1 unspecified atom stereocenters. The number of fused-ring (bicyclic) bond motifs is 1. The molecule has 0 aliphatic heterocycles. The predicted molar refractivity (Wildman–Crippen MR) is 88.7 cm³/mol. The molecule has 0 aliphatic rings. The highest BCUT2D eigenvalue weighted by atomic mass is 19.1. The SMILES string of the molecule is CC(C(=O)N=Nc1c(O)[nH]c2ccc(N)cc12)c1ccc(F)cc1. The highest BCUT2D eigenvalue weighted by Gasteiger charge is 2.16. The summed E-state index contributed by atoms with van der Waals surface area (Å²) in [7, 11) is 0. The molecule has 1 heterocycles. The highest BCUT2D eigenvalue weighted by Crippen LogP contribution is 2.36. The number of rotatable bonds is 3. The Balaban J connectivity index is 1.87. The van der Waals surface area contributed by atoms with Crippen LogP contribution in [0.3, 0.4) is 0 Å². The van der Waals surface area contributed by atoms with E-state index in [1.54, 1.807) is 25.1 Å². The number of nitrogens with two attached hydrogens (primary N) is 1. The molecule has 2 aromatic carbocycles. The van der Waals surface area contributed by atoms with Crippen LogP contribution in [0.5, 0.6) is 5.88 Å². The minimum Gasteiger partial charge on any atom is -0.493 e. The van der Waals surface area contributed by atoms with Crippen molar-refractivity contribution < 1.29 is 14.3 Å². The molecule has 0 bridgehead atoms. The quantitative estimate of drug-likeness (QED) is 0.500. The second-order valence-electron chi connectivity index (χ2n) is 5.44. The molecule has 0 saturated heterocycles. The number of nitrogens with one attached hydrogen (secondary N) is 1. The van der Waals surface area contributed by atoms with E-state index in [9.17, 15) is 14.3 Å². The Morgan fingerprint density at radius 1 is 1.25 bits per heavy atom. The Bertz CT molecular complexity index is 932. The molecular weight excluding hydrogens is 311 g/mol. The maximum atomic E-state index is 12.9. The van der Waals surface area contributed by atoms with Crippen LogP contribution in [0.25, 0.3) is 10.9 Å². The van der Waals surface area contributed by atoms with Crippen molar-refractivity contribution in [2.24, 2.45) is 10.2 Å². The molecule has 24 heavy (non-hydrogen) atoms. The Kier molecular flexibility index (Phi) is 3.99. The third-order valence-electron chi connectivity index (χ3n) is 3.77. The summed E-state index contributed by atoms with van der Waals surface area (Å²) < 4.78 is 12.9. The average Bonchev–Trinajstić information content (AvgIpc) is 2.87. The van der Waals surface area contributed by atoms with E-state index in [2.05, 4.69) is 15.2 Å². The largest absolute Gasteiger partial charge is 0.493 e. The Hall–Kier alpha value is -3.22. The molecule has 7 heteroatoms. The second kappa shape index (κ2) is 6.11. The van der Waals surface area contributed by atoms with Crippen molar-refractivity contribution >= 4 is 28.2 Å². The van der Waals surface area contributed by atoms with Gasteiger partial charge in [0.2, 0.25) is 5.88 Å². The highest BCUT2D eigenvalue weighted by molar-refractivity contribution is 5.96. The standard InChI is InChI=1S/C17H15FN4O2/c1-9(10-2-4-11(18)5-3-10)16(23)22-21-15-13-8-12(19)6-7-14(13)20-17(15)24/h2-9,20,24H,19H2,1H3. The van der Waals surface area contributed by atoms with Gasteiger partial charge in [-0.05, 0) is 42.8 Å². The Morgan fingerprint density at radius 3 is 2.67 bits per heavy atom. The van der Waals surface area contributed by atoms with E-state index in [0.717, 1.165) is 0 Å². The van der Waals surface area contributed by atoms with E-state index in [1.165, 1.54) is 24.3 Å². The molecule has 1 aromatic heterocycles. The number of amides is 1. The van der Waals surface area contributed by atoms with Crippen LogP contribution < -0.4 is 5.73 Å². The summed E-state index contributed by atoms with van der Waals surface area (Å²) in [6.45, 7) is 1.65. The number of benzene rings is 2. The lowest BCUT2D eigenvalue weighted by Gasteiger charge is -2.06. The van der Waals surface area contributed by atoms with Gasteiger partial charge in [-0.15, -0.1) is 10.2 Å². The number of halogens is 1. The maximum absolute atomic E-state index is 12.9. The van der Waals surface area contributed by atoms with E-state index < -0.39 is 11.8 Å². The Morgan fingerprint density at radius 2 is 1.96 bits per heavy atom. The van der Waals surface area contributed by atoms with Crippen molar-refractivity contribution in [1.82, 2.24) is 4.98 Å². The summed E-state index contributed by atoms with van der Waals surface area (Å²) in [4.78, 5) is 14.9. The number of nitrogens with zero attached hydrogens (tertiary/aromatic N) is 2. The lowest BCUT2D eigenvalue weighted by atomic mass is 10.0. The van der Waals surface area contributed by atoms with Crippen LogP contribution in [0.2, 0.25) is 0 Å². The first-order chi connectivity index (χ1) is 11.5. The molecule has 3 aromatic rings. The fraction of sp³-hybridized carbons (Fsp3) is 0.118. The monoisotopic (exact) mass is 326 g/mol. The first kappa shape index (κ1) is 15.7. The van der Waals surface area contributed by atoms with Crippen molar-refractivity contribution in [3.8, 4) is 5.88 Å². The van der Waals surface area contributed by atoms with E-state index in [0.29, 0.717) is 22.2 Å². The third kappa shape index (κ3) is 2.96. The first-order valence-electron chi connectivity index (χ1n) is 7.27. The number of aromatic amines is 1. The number of aromatic nitrogens is 1. The molecule has 4 N–H and O–H groups in total. The van der Waals surface area contributed by atoms with Crippen molar-refractivity contribution in [2.45, 2.75) is 12.8 Å². The minimum atomic E-state index is -0.577. The molecule has 1 atom stereocenters. The van der Waals surface area contributed by atoms with Crippen LogP contribution in [0.15, 0.2) is 52.7 Å². The van der Waals surface area contributed by atoms with Crippen molar-refractivity contribution in [1.29, 1.82) is 0 Å². The van der Waals surface area contributed by atoms with E-state index in [4.69, 9.17) is 5.73 Å². The third-order valence-corrected chi connectivity index (χ3v) is 3.77. The average molecular weight is 326 g/mol. The van der Waals surface area contributed by atoms with Crippen LogP contribution in [0.1, 0.15) is 18.4 Å². The topological polar surface area (TPSA) is 104 Å². The van der Waals surface area contributed by atoms with Gasteiger partial charge in [-0.25, -0.2) is 4.39 Å². The zero-order valence-electron chi connectivity index (χ0n) is 12.8. The van der Waals surface area contributed by atoms with Gasteiger partial charge < -0.3 is 15.8 Å². The molecule has 122 valence electrons. The second-order valence-corrected chi connectivity index (χ2v) is 5.44. The van der Waals surface area contributed by atoms with Crippen LogP contribution in [-0.4, -0.2) is 16.0 Å². The summed E-state index contributed by atoms with van der Waals surface area (Å²) in [6.07, 6.45) is 0. The summed E-state index contributed by atoms with van der Waals surface area (Å²) in [5.74, 6) is -1.64. The van der Waals surface area contributed by atoms with Crippen LogP contribution >= 0.6 is 0 Å². The van der Waals surface area contributed by atoms with Gasteiger partial charge >= 0.3 is 0 Å². The van der Waals surface area contributed by atoms with Crippen molar-refractivity contribution in [3.05, 3.63) is 53.8 Å². The fourth-order valence-corrected chi connectivity index (χ4v) is 2.36. The molecule has 0 saturated carbocycles. The number of carbonyl (C=O) groups excluding carboxylic acids is 1. The normalized spacial score (nSPS) is 12.8. The number of carbonyl (C=O) groups is 1. The van der Waals surface area contributed by atoms with Gasteiger partial charge in [0, 0.05) is 11.1 Å². The van der Waals surface area contributed by atoms with Gasteiger partial charge in [0.25, 0.3) is 5.91 Å². The number of anilines is 1. The molecule has 0 spiro atoms. The fourth-order valence-electron chi connectivity index (χ4n) is 2.36. The van der Waals surface area contributed by atoms with Crippen molar-refractivity contribution in [3.63, 3.8) is 0 Å². The van der Waals surface area contributed by atoms with Crippen LogP contribution in [-0.2, 0) is 4.79 Å². The van der Waals surface area contributed by atoms with Gasteiger partial charge in [0.15, 0.2) is 5.69 Å². The number of hydrogen-bond donors (Lipinski definition) is 3. The van der Waals surface area contributed by atoms with Crippen molar-refractivity contribution in [2.75, 3.05) is 5.73 Å². The zero-order valence-corrected chi connectivity index (χ0v) is 12.8. The first-order valence-corrected chi connectivity index (χ1v) is 7.27. The summed E-state index contributed by atoms with van der Waals surface area (Å²) in [5, 5.41) is 18.0. The van der Waals surface area contributed by atoms with Crippen LogP contribution in [0.4, 0.5) is 15.8 Å². The lowest BCUT2D eigenvalue weighted by molar-refractivity contribution is -0.119. The van der Waals surface area contributed by atoms with Gasteiger partial charge in [0.1, 0.15) is 5.82 Å². The lowest BCUT2D eigenvalue weighted by Crippen LogP contribution is -2.05. The van der Waals surface area contributed by atoms with E-state index in [1.807, 2.05) is 0 Å². The molecule has 3 rings (SSSR count). The Labute approximate surface area is 136 Å². The zero-order chi connectivity index (χ0) is 17.3. The maximum Gasteiger partial charge on any atom is 0.271 e. The number of hydrogen-bond acceptors (Lipinski definition) is 4. The van der Waals surface area contributed by atoms with Gasteiger partial charge in [-0.2, -0.15) is 0 Å². The summed E-state index contributed by atoms with van der Waals surface area (Å²) in [5.41, 5.74) is 7.65. The summed E-state index contributed by atoms with van der Waals surface area (Å²) >= 11 is 0. The smallest absolute Gasteiger partial charge is 0.271 e. The number of azo groups is 1. The number of nitrogen functional groups attached to an aromatic ring is 1. The van der Waals surface area contributed by atoms with E-state index >= 15 is 0 Å². The van der Waals surface area contributed by atoms with Gasteiger partial charge in [-0.1, -0.05) is 12.1 Å². The molecular formula is C17H15FN4O2. The molecule has 1 amide bonds. The number of H-pyrrole nitrogens is 1. The molecule has 0 fully saturated rings. The van der Waals surface area contributed by atoms with Gasteiger partial charge in [-0.3, -0.25) is 4.79 Å². The van der Waals surface area contributed by atoms with E-state index in [-0.39, 0.29) is 17.4 Å².